The van der Waals surface area contributed by atoms with Crippen LogP contribution in [0.2, 0.25) is 0 Å². The Hall–Kier alpha value is -1.58. The van der Waals surface area contributed by atoms with Crippen LogP contribution < -0.4 is 5.32 Å². The van der Waals surface area contributed by atoms with Gasteiger partial charge in [-0.2, -0.15) is 0 Å². The summed E-state index contributed by atoms with van der Waals surface area (Å²) in [6.07, 6.45) is 1.62. The van der Waals surface area contributed by atoms with E-state index in [0.717, 1.165) is 12.4 Å². The average Bonchev–Trinajstić information content (AvgIpc) is 2.35. The lowest BCUT2D eigenvalue weighted by atomic mass is 9.98. The summed E-state index contributed by atoms with van der Waals surface area (Å²) in [5.74, 6) is 2.03. The van der Waals surface area contributed by atoms with Crippen molar-refractivity contribution in [3.63, 3.8) is 0 Å². The van der Waals surface area contributed by atoms with Crippen LogP contribution in [0.3, 0.4) is 0 Å². The van der Waals surface area contributed by atoms with E-state index in [2.05, 4.69) is 31.1 Å². The van der Waals surface area contributed by atoms with E-state index in [-0.39, 0.29) is 5.91 Å². The van der Waals surface area contributed by atoms with Gasteiger partial charge >= 0.3 is 0 Å². The molecule has 1 aromatic heterocycles. The molecule has 1 unspecified atom stereocenters. The number of rotatable bonds is 5. The smallest absolute Gasteiger partial charge is 0.254 e. The summed E-state index contributed by atoms with van der Waals surface area (Å²) in [5.41, 5.74) is 0.613. The molecule has 0 bridgehead atoms. The fourth-order valence-electron chi connectivity index (χ4n) is 1.38. The molecule has 100 valence electrons. The van der Waals surface area contributed by atoms with Crippen molar-refractivity contribution in [3.05, 3.63) is 23.9 Å². The molecule has 0 radical (unpaired) electrons. The van der Waals surface area contributed by atoms with Crippen LogP contribution in [0.1, 0.15) is 31.1 Å². The van der Waals surface area contributed by atoms with Gasteiger partial charge in [0.2, 0.25) is 0 Å². The zero-order valence-corrected chi connectivity index (χ0v) is 11.9. The van der Waals surface area contributed by atoms with Gasteiger partial charge in [0.25, 0.3) is 5.91 Å². The van der Waals surface area contributed by atoms with Gasteiger partial charge in [-0.05, 0) is 24.0 Å². The van der Waals surface area contributed by atoms with Crippen molar-refractivity contribution in [2.45, 2.75) is 20.8 Å². The van der Waals surface area contributed by atoms with Crippen LogP contribution in [0.25, 0.3) is 0 Å². The summed E-state index contributed by atoms with van der Waals surface area (Å²) in [4.78, 5) is 17.5. The number of nitrogens with zero attached hydrogens (tertiary/aromatic N) is 2. The average molecular weight is 249 g/mol. The van der Waals surface area contributed by atoms with Crippen LogP contribution in [-0.4, -0.2) is 36.4 Å². The second-order valence-corrected chi connectivity index (χ2v) is 5.23. The van der Waals surface area contributed by atoms with Gasteiger partial charge in [-0.15, -0.1) is 0 Å². The van der Waals surface area contributed by atoms with Crippen molar-refractivity contribution in [2.75, 3.05) is 26.0 Å². The van der Waals surface area contributed by atoms with E-state index in [1.54, 1.807) is 31.3 Å². The third kappa shape index (κ3) is 4.02. The van der Waals surface area contributed by atoms with Crippen molar-refractivity contribution in [1.29, 1.82) is 0 Å². The summed E-state index contributed by atoms with van der Waals surface area (Å²) in [6.45, 7) is 7.52. The summed E-state index contributed by atoms with van der Waals surface area (Å²) in [7, 11) is 3.47. The molecule has 1 atom stereocenters. The minimum atomic E-state index is -0.0235. The zero-order valence-electron chi connectivity index (χ0n) is 11.9. The molecule has 0 aliphatic rings. The summed E-state index contributed by atoms with van der Waals surface area (Å²) >= 11 is 0. The highest BCUT2D eigenvalue weighted by atomic mass is 16.2. The van der Waals surface area contributed by atoms with Gasteiger partial charge in [0.1, 0.15) is 5.82 Å². The predicted octanol–water partition coefficient (Wildman–Crippen LogP) is 2.49. The maximum Gasteiger partial charge on any atom is 0.254 e. The van der Waals surface area contributed by atoms with Crippen molar-refractivity contribution >= 4 is 11.7 Å². The normalized spacial score (nSPS) is 12.3. The first kappa shape index (κ1) is 14.5. The lowest BCUT2D eigenvalue weighted by Crippen LogP contribution is -2.22. The Morgan fingerprint density at radius 2 is 2.00 bits per heavy atom. The van der Waals surface area contributed by atoms with Gasteiger partial charge in [-0.25, -0.2) is 4.98 Å². The van der Waals surface area contributed by atoms with Gasteiger partial charge in [0.05, 0.1) is 5.56 Å². The van der Waals surface area contributed by atoms with Crippen LogP contribution >= 0.6 is 0 Å². The predicted molar refractivity (Wildman–Crippen MR) is 74.7 cm³/mol. The first-order valence-electron chi connectivity index (χ1n) is 6.33. The van der Waals surface area contributed by atoms with Crippen molar-refractivity contribution in [1.82, 2.24) is 9.88 Å². The van der Waals surface area contributed by atoms with E-state index in [1.807, 2.05) is 6.07 Å². The molecule has 1 aromatic rings. The van der Waals surface area contributed by atoms with E-state index in [0.29, 0.717) is 17.4 Å². The second kappa shape index (κ2) is 6.38. The molecule has 0 spiro atoms. The fourth-order valence-corrected chi connectivity index (χ4v) is 1.38. The standard InChI is InChI=1S/C14H23N3O/c1-10(2)11(3)8-15-13-7-6-12(9-16-13)14(18)17(4)5/h6-7,9-11H,8H2,1-5H3,(H,15,16). The fraction of sp³-hybridized carbons (Fsp3) is 0.571. The molecule has 4 heteroatoms. The Morgan fingerprint density at radius 3 is 2.44 bits per heavy atom. The van der Waals surface area contributed by atoms with Gasteiger partial charge in [0.15, 0.2) is 0 Å². The molecule has 0 saturated carbocycles. The summed E-state index contributed by atoms with van der Waals surface area (Å²) in [5, 5.41) is 3.29. The third-order valence-corrected chi connectivity index (χ3v) is 3.16. The number of carbonyl (C=O) groups excluding carboxylic acids is 1. The third-order valence-electron chi connectivity index (χ3n) is 3.16. The molecule has 1 N–H and O–H groups in total. The van der Waals surface area contributed by atoms with Crippen LogP contribution in [0, 0.1) is 11.8 Å². The number of hydrogen-bond donors (Lipinski definition) is 1. The summed E-state index contributed by atoms with van der Waals surface area (Å²) < 4.78 is 0. The Balaban J connectivity index is 2.58. The Morgan fingerprint density at radius 1 is 1.33 bits per heavy atom. The number of amides is 1. The number of carbonyl (C=O) groups is 1. The molecule has 1 amide bonds. The number of hydrogen-bond acceptors (Lipinski definition) is 3. The molecule has 4 nitrogen and oxygen atoms in total. The molecular formula is C14H23N3O. The number of anilines is 1. The van der Waals surface area contributed by atoms with Crippen molar-refractivity contribution in [2.24, 2.45) is 11.8 Å². The number of pyridine rings is 1. The minimum Gasteiger partial charge on any atom is -0.370 e. The number of nitrogens with one attached hydrogen (secondary N) is 1. The molecule has 1 rings (SSSR count). The summed E-state index contributed by atoms with van der Waals surface area (Å²) in [6, 6.07) is 3.65. The van der Waals surface area contributed by atoms with Crippen LogP contribution in [0.5, 0.6) is 0 Å². The quantitative estimate of drug-likeness (QED) is 0.872. The highest BCUT2D eigenvalue weighted by Crippen LogP contribution is 2.12. The van der Waals surface area contributed by atoms with E-state index >= 15 is 0 Å². The van der Waals surface area contributed by atoms with Crippen LogP contribution in [0.4, 0.5) is 5.82 Å². The van der Waals surface area contributed by atoms with Crippen LogP contribution in [-0.2, 0) is 0 Å². The minimum absolute atomic E-state index is 0.0235. The molecule has 0 aromatic carbocycles. The highest BCUT2D eigenvalue weighted by molar-refractivity contribution is 5.93. The Labute approximate surface area is 109 Å². The van der Waals surface area contributed by atoms with Crippen LogP contribution in [0.15, 0.2) is 18.3 Å². The molecule has 1 heterocycles. The monoisotopic (exact) mass is 249 g/mol. The van der Waals surface area contributed by atoms with E-state index < -0.39 is 0 Å². The Kier molecular flexibility index (Phi) is 5.13. The molecule has 0 saturated heterocycles. The lowest BCUT2D eigenvalue weighted by Gasteiger charge is -2.16. The molecule has 0 aliphatic carbocycles. The van der Waals surface area contributed by atoms with E-state index in [1.165, 1.54) is 0 Å². The molecule has 18 heavy (non-hydrogen) atoms. The molecule has 0 aliphatic heterocycles. The second-order valence-electron chi connectivity index (χ2n) is 5.23. The van der Waals surface area contributed by atoms with Crippen molar-refractivity contribution < 1.29 is 4.79 Å². The van der Waals surface area contributed by atoms with Gasteiger partial charge in [-0.3, -0.25) is 4.79 Å². The first-order valence-corrected chi connectivity index (χ1v) is 6.33. The molecular weight excluding hydrogens is 226 g/mol. The molecule has 0 fully saturated rings. The highest BCUT2D eigenvalue weighted by Gasteiger charge is 2.09. The van der Waals surface area contributed by atoms with Crippen molar-refractivity contribution in [3.8, 4) is 0 Å². The lowest BCUT2D eigenvalue weighted by molar-refractivity contribution is 0.0827. The van der Waals surface area contributed by atoms with E-state index in [4.69, 9.17) is 0 Å². The van der Waals surface area contributed by atoms with Gasteiger partial charge in [-0.1, -0.05) is 20.8 Å². The Bertz CT molecular complexity index is 385. The van der Waals surface area contributed by atoms with Gasteiger partial charge in [0, 0.05) is 26.8 Å². The SMILES string of the molecule is CC(C)C(C)CNc1ccc(C(=O)N(C)C)cn1. The maximum absolute atomic E-state index is 11.7. The topological polar surface area (TPSA) is 45.2 Å². The van der Waals surface area contributed by atoms with Gasteiger partial charge < -0.3 is 10.2 Å². The number of aromatic nitrogens is 1. The first-order chi connectivity index (χ1) is 8.41. The van der Waals surface area contributed by atoms with E-state index in [9.17, 15) is 4.79 Å². The largest absolute Gasteiger partial charge is 0.370 e. The maximum atomic E-state index is 11.7. The zero-order chi connectivity index (χ0) is 13.7.